The van der Waals surface area contributed by atoms with Crippen molar-refractivity contribution in [1.29, 1.82) is 0 Å². The van der Waals surface area contributed by atoms with Crippen molar-refractivity contribution in [3.8, 4) is 0 Å². The molecule has 3 rings (SSSR count). The van der Waals surface area contributed by atoms with Crippen LogP contribution < -0.4 is 10.6 Å². The van der Waals surface area contributed by atoms with E-state index in [0.717, 1.165) is 21.4 Å². The topological polar surface area (TPSA) is 115 Å². The summed E-state index contributed by atoms with van der Waals surface area (Å²) in [4.78, 5) is 41.4. The Hall–Kier alpha value is -2.87. The van der Waals surface area contributed by atoms with Crippen LogP contribution in [-0.4, -0.2) is 58.1 Å². The number of para-hydroxylation sites is 1. The molecule has 2 aromatic rings. The number of aromatic amines is 1. The number of nitrogens with zero attached hydrogens (tertiary/aromatic N) is 1. The number of benzene rings is 1. The average Bonchev–Trinajstić information content (AvgIpc) is 3.20. The second-order valence-electron chi connectivity index (χ2n) is 7.88. The van der Waals surface area contributed by atoms with Gasteiger partial charge in [-0.2, -0.15) is 0 Å². The summed E-state index contributed by atoms with van der Waals surface area (Å²) in [7, 11) is 0. The van der Waals surface area contributed by atoms with Gasteiger partial charge in [0.05, 0.1) is 19.1 Å². The van der Waals surface area contributed by atoms with Crippen LogP contribution in [0.15, 0.2) is 30.5 Å². The summed E-state index contributed by atoms with van der Waals surface area (Å²) < 4.78 is 0. The predicted octanol–water partition coefficient (Wildman–Crippen LogP) is 1.54. The van der Waals surface area contributed by atoms with E-state index in [1.165, 1.54) is 0 Å². The molecule has 2 heterocycles. The molecule has 2 atom stereocenters. The lowest BCUT2D eigenvalue weighted by Gasteiger charge is -2.19. The summed E-state index contributed by atoms with van der Waals surface area (Å²) in [6.07, 6.45) is 2.92. The Balaban J connectivity index is 1.56. The van der Waals surface area contributed by atoms with E-state index in [2.05, 4.69) is 15.6 Å². The molecule has 0 saturated carbocycles. The summed E-state index contributed by atoms with van der Waals surface area (Å²) in [5.74, 6) is -0.434. The molecule has 4 amide bonds. The molecule has 1 aliphatic heterocycles. The first-order chi connectivity index (χ1) is 13.9. The van der Waals surface area contributed by atoms with E-state index in [4.69, 9.17) is 0 Å². The molecule has 4 N–H and O–H groups in total. The molecule has 0 radical (unpaired) electrons. The number of nitrogens with one attached hydrogen (secondary N) is 3. The Morgan fingerprint density at radius 3 is 2.76 bits per heavy atom. The van der Waals surface area contributed by atoms with Crippen LogP contribution in [0.5, 0.6) is 0 Å². The van der Waals surface area contributed by atoms with Crippen molar-refractivity contribution in [3.05, 3.63) is 36.0 Å². The Bertz CT molecular complexity index is 892. The van der Waals surface area contributed by atoms with Crippen LogP contribution in [-0.2, 0) is 16.0 Å². The van der Waals surface area contributed by atoms with Crippen molar-refractivity contribution in [2.45, 2.75) is 45.2 Å². The number of aromatic nitrogens is 1. The molecule has 0 spiro atoms. The summed E-state index contributed by atoms with van der Waals surface area (Å²) in [6.45, 7) is 4.09. The van der Waals surface area contributed by atoms with Gasteiger partial charge < -0.3 is 20.7 Å². The highest BCUT2D eigenvalue weighted by atomic mass is 16.3. The van der Waals surface area contributed by atoms with E-state index in [9.17, 15) is 19.5 Å². The smallest absolute Gasteiger partial charge is 0.324 e. The summed E-state index contributed by atoms with van der Waals surface area (Å²) >= 11 is 0. The Kier molecular flexibility index (Phi) is 6.53. The maximum Gasteiger partial charge on any atom is 0.324 e. The molecule has 8 heteroatoms. The lowest BCUT2D eigenvalue weighted by molar-refractivity contribution is -0.131. The molecule has 1 saturated heterocycles. The molecular formula is C21H28N4O4. The van der Waals surface area contributed by atoms with E-state index in [1.807, 2.05) is 44.3 Å². The van der Waals surface area contributed by atoms with Gasteiger partial charge in [-0.25, -0.2) is 4.79 Å². The highest BCUT2D eigenvalue weighted by molar-refractivity contribution is 6.05. The predicted molar refractivity (Wildman–Crippen MR) is 109 cm³/mol. The number of carbonyl (C=O) groups excluding carboxylic acids is 3. The monoisotopic (exact) mass is 400 g/mol. The fraction of sp³-hybridized carbons (Fsp3) is 0.476. The average molecular weight is 400 g/mol. The summed E-state index contributed by atoms with van der Waals surface area (Å²) in [5, 5.41) is 15.8. The van der Waals surface area contributed by atoms with Crippen LogP contribution in [0.3, 0.4) is 0 Å². The maximum atomic E-state index is 12.6. The number of rotatable bonds is 9. The minimum absolute atomic E-state index is 0.136. The number of H-pyrrole nitrogens is 1. The van der Waals surface area contributed by atoms with Gasteiger partial charge in [-0.15, -0.1) is 0 Å². The van der Waals surface area contributed by atoms with Crippen molar-refractivity contribution in [3.63, 3.8) is 0 Å². The molecule has 29 heavy (non-hydrogen) atoms. The minimum atomic E-state index is -0.871. The second-order valence-corrected chi connectivity index (χ2v) is 7.88. The first kappa shape index (κ1) is 20.9. The normalized spacial score (nSPS) is 17.8. The van der Waals surface area contributed by atoms with Crippen molar-refractivity contribution in [2.75, 3.05) is 13.2 Å². The molecule has 1 aliphatic rings. The number of carbonyl (C=O) groups is 3. The first-order valence-corrected chi connectivity index (χ1v) is 9.96. The van der Waals surface area contributed by atoms with Crippen molar-refractivity contribution in [1.82, 2.24) is 20.5 Å². The Labute approximate surface area is 169 Å². The van der Waals surface area contributed by atoms with Gasteiger partial charge in [0.25, 0.3) is 5.91 Å². The second kappa shape index (κ2) is 9.09. The lowest BCUT2D eigenvalue weighted by Crippen LogP contribution is -2.42. The highest BCUT2D eigenvalue weighted by Gasteiger charge is 2.39. The number of aliphatic hydroxyl groups excluding tert-OH is 1. The Morgan fingerprint density at radius 2 is 2.03 bits per heavy atom. The van der Waals surface area contributed by atoms with Crippen LogP contribution in [0.25, 0.3) is 10.9 Å². The molecule has 8 nitrogen and oxygen atoms in total. The third-order valence-electron chi connectivity index (χ3n) is 5.12. The van der Waals surface area contributed by atoms with Crippen LogP contribution in [0.4, 0.5) is 4.79 Å². The van der Waals surface area contributed by atoms with E-state index in [0.29, 0.717) is 18.8 Å². The van der Waals surface area contributed by atoms with Gasteiger partial charge in [0.1, 0.15) is 6.04 Å². The number of imide groups is 1. The zero-order chi connectivity index (χ0) is 21.0. The largest absolute Gasteiger partial charge is 0.394 e. The first-order valence-electron chi connectivity index (χ1n) is 9.96. The number of hydrogen-bond acceptors (Lipinski definition) is 4. The quantitative estimate of drug-likeness (QED) is 0.478. The van der Waals surface area contributed by atoms with E-state index < -0.39 is 18.0 Å². The van der Waals surface area contributed by atoms with Crippen molar-refractivity contribution in [2.24, 2.45) is 5.92 Å². The SMILES string of the molecule is CC(C)C[C@@H](CO)NC(=O)CC1NC(=O)N(CCc2c[nH]c3ccccc23)C1=O. The van der Waals surface area contributed by atoms with Gasteiger partial charge in [0.2, 0.25) is 5.91 Å². The third kappa shape index (κ3) is 4.95. The third-order valence-corrected chi connectivity index (χ3v) is 5.12. The van der Waals surface area contributed by atoms with E-state index in [-0.39, 0.29) is 31.5 Å². The van der Waals surface area contributed by atoms with Gasteiger partial charge in [-0.05, 0) is 30.4 Å². The number of amides is 4. The van der Waals surface area contributed by atoms with Crippen LogP contribution >= 0.6 is 0 Å². The van der Waals surface area contributed by atoms with Crippen LogP contribution in [0.1, 0.15) is 32.3 Å². The van der Waals surface area contributed by atoms with Crippen LogP contribution in [0.2, 0.25) is 0 Å². The van der Waals surface area contributed by atoms with Crippen molar-refractivity contribution >= 4 is 28.7 Å². The van der Waals surface area contributed by atoms with Gasteiger partial charge in [-0.1, -0.05) is 32.0 Å². The van der Waals surface area contributed by atoms with Gasteiger partial charge >= 0.3 is 6.03 Å². The standard InChI is InChI=1S/C21H28N4O4/c1-13(2)9-15(12-26)23-19(27)10-18-20(28)25(21(29)24-18)8-7-14-11-22-17-6-4-3-5-16(14)17/h3-6,11,13,15,18,22,26H,7-10,12H2,1-2H3,(H,23,27)(H,24,29)/t15-,18?/m0/s1. The number of hydrogen-bond donors (Lipinski definition) is 4. The van der Waals surface area contributed by atoms with Crippen LogP contribution in [0, 0.1) is 5.92 Å². The number of aliphatic hydroxyl groups is 1. The van der Waals surface area contributed by atoms with Gasteiger partial charge in [-0.3, -0.25) is 14.5 Å². The maximum absolute atomic E-state index is 12.6. The Morgan fingerprint density at radius 1 is 1.28 bits per heavy atom. The highest BCUT2D eigenvalue weighted by Crippen LogP contribution is 2.19. The van der Waals surface area contributed by atoms with E-state index >= 15 is 0 Å². The molecule has 1 aromatic carbocycles. The lowest BCUT2D eigenvalue weighted by atomic mass is 10.0. The minimum Gasteiger partial charge on any atom is -0.394 e. The summed E-state index contributed by atoms with van der Waals surface area (Å²) in [5.41, 5.74) is 2.04. The van der Waals surface area contributed by atoms with E-state index in [1.54, 1.807) is 0 Å². The molecule has 1 fully saturated rings. The fourth-order valence-corrected chi connectivity index (χ4v) is 3.72. The molecule has 156 valence electrons. The zero-order valence-electron chi connectivity index (χ0n) is 16.8. The van der Waals surface area contributed by atoms with Gasteiger partial charge in [0, 0.05) is 23.6 Å². The van der Waals surface area contributed by atoms with Gasteiger partial charge in [0.15, 0.2) is 0 Å². The molecule has 1 unspecified atom stereocenters. The fourth-order valence-electron chi connectivity index (χ4n) is 3.72. The molecule has 0 bridgehead atoms. The zero-order valence-corrected chi connectivity index (χ0v) is 16.8. The molecule has 1 aromatic heterocycles. The number of fused-ring (bicyclic) bond motifs is 1. The molecular weight excluding hydrogens is 372 g/mol. The summed E-state index contributed by atoms with van der Waals surface area (Å²) in [6, 6.07) is 6.15. The van der Waals surface area contributed by atoms with Crippen molar-refractivity contribution < 1.29 is 19.5 Å². The number of urea groups is 1. The molecule has 0 aliphatic carbocycles.